The summed E-state index contributed by atoms with van der Waals surface area (Å²) in [7, 11) is -0.695. The molecular weight excluding hydrogens is 352 g/mol. The van der Waals surface area contributed by atoms with Gasteiger partial charge in [0.15, 0.2) is 0 Å². The van der Waals surface area contributed by atoms with Gasteiger partial charge >= 0.3 is 0 Å². The molecule has 0 bridgehead atoms. The number of carbonyl (C=O) groups excluding carboxylic acids is 1. The van der Waals surface area contributed by atoms with Gasteiger partial charge in [0, 0.05) is 18.7 Å². The summed E-state index contributed by atoms with van der Waals surface area (Å²) in [5.74, 6) is 0.401. The lowest BCUT2D eigenvalue weighted by Crippen LogP contribution is -2.30. The number of rotatable bonds is 6. The van der Waals surface area contributed by atoms with Crippen molar-refractivity contribution in [3.8, 4) is 5.75 Å². The largest absolute Gasteiger partial charge is 0.497 e. The second-order valence-electron chi connectivity index (χ2n) is 6.28. The van der Waals surface area contributed by atoms with E-state index in [-0.39, 0.29) is 16.8 Å². The minimum atomic E-state index is -3.71. The number of anilines is 1. The molecule has 0 aliphatic carbocycles. The molecule has 1 N–H and O–H groups in total. The van der Waals surface area contributed by atoms with Crippen LogP contribution in [-0.2, 0) is 10.0 Å². The van der Waals surface area contributed by atoms with Gasteiger partial charge in [0.1, 0.15) is 5.75 Å². The highest BCUT2D eigenvalue weighted by Gasteiger charge is 2.23. The molecule has 0 saturated carbocycles. The Kier molecular flexibility index (Phi) is 5.92. The molecule has 0 spiro atoms. The highest BCUT2D eigenvalue weighted by atomic mass is 32.2. The van der Waals surface area contributed by atoms with E-state index in [9.17, 15) is 13.2 Å². The topological polar surface area (TPSA) is 75.7 Å². The van der Waals surface area contributed by atoms with Crippen molar-refractivity contribution in [1.82, 2.24) is 5.32 Å². The molecule has 0 unspecified atom stereocenters. The van der Waals surface area contributed by atoms with E-state index in [1.165, 1.54) is 30.6 Å². The van der Waals surface area contributed by atoms with Crippen molar-refractivity contribution in [3.63, 3.8) is 0 Å². The van der Waals surface area contributed by atoms with Crippen LogP contribution >= 0.6 is 0 Å². The predicted octanol–water partition coefficient (Wildman–Crippen LogP) is 2.97. The van der Waals surface area contributed by atoms with Gasteiger partial charge in [-0.05, 0) is 68.8 Å². The molecule has 0 atom stereocenters. The molecule has 6 nitrogen and oxygen atoms in total. The van der Waals surface area contributed by atoms with Gasteiger partial charge < -0.3 is 10.1 Å². The SMILES string of the molecule is COc1ccc(S(=O)(=O)N(C)c2ccc(C(=O)NC(C)C)cc2C)cc1. The maximum Gasteiger partial charge on any atom is 0.264 e. The lowest BCUT2D eigenvalue weighted by atomic mass is 10.1. The molecule has 2 rings (SSSR count). The van der Waals surface area contributed by atoms with Gasteiger partial charge in [0.05, 0.1) is 17.7 Å². The Hall–Kier alpha value is -2.54. The van der Waals surface area contributed by atoms with Crippen molar-refractivity contribution in [2.45, 2.75) is 31.7 Å². The predicted molar refractivity (Wildman–Crippen MR) is 102 cm³/mol. The molecule has 0 radical (unpaired) electrons. The molecule has 0 fully saturated rings. The lowest BCUT2D eigenvalue weighted by Gasteiger charge is -2.22. The van der Waals surface area contributed by atoms with E-state index in [2.05, 4.69) is 5.32 Å². The number of amides is 1. The second kappa shape index (κ2) is 7.78. The average molecular weight is 376 g/mol. The molecule has 2 aromatic carbocycles. The van der Waals surface area contributed by atoms with Gasteiger partial charge in [-0.15, -0.1) is 0 Å². The number of hydrogen-bond acceptors (Lipinski definition) is 4. The molecule has 0 aliphatic heterocycles. The second-order valence-corrected chi connectivity index (χ2v) is 8.25. The van der Waals surface area contributed by atoms with E-state index in [0.29, 0.717) is 22.6 Å². The summed E-state index contributed by atoms with van der Waals surface area (Å²) in [6, 6.07) is 11.2. The van der Waals surface area contributed by atoms with Crippen molar-refractivity contribution in [2.24, 2.45) is 0 Å². The normalized spacial score (nSPS) is 11.3. The fraction of sp³-hybridized carbons (Fsp3) is 0.316. The molecule has 1 amide bonds. The highest BCUT2D eigenvalue weighted by Crippen LogP contribution is 2.27. The molecule has 26 heavy (non-hydrogen) atoms. The van der Waals surface area contributed by atoms with Crippen LogP contribution in [0.4, 0.5) is 5.69 Å². The maximum atomic E-state index is 12.9. The van der Waals surface area contributed by atoms with Crippen molar-refractivity contribution in [2.75, 3.05) is 18.5 Å². The minimum absolute atomic E-state index is 0.0283. The summed E-state index contributed by atoms with van der Waals surface area (Å²) in [6.45, 7) is 5.55. The molecule has 0 heterocycles. The summed E-state index contributed by atoms with van der Waals surface area (Å²) in [5, 5.41) is 2.82. The van der Waals surface area contributed by atoms with Crippen LogP contribution in [-0.4, -0.2) is 34.5 Å². The maximum absolute atomic E-state index is 12.9. The molecule has 0 aromatic heterocycles. The lowest BCUT2D eigenvalue weighted by molar-refractivity contribution is 0.0943. The Balaban J connectivity index is 2.33. The third-order valence-corrected chi connectivity index (χ3v) is 5.72. The van der Waals surface area contributed by atoms with E-state index in [4.69, 9.17) is 4.74 Å². The van der Waals surface area contributed by atoms with E-state index in [1.807, 2.05) is 13.8 Å². The highest BCUT2D eigenvalue weighted by molar-refractivity contribution is 7.92. The van der Waals surface area contributed by atoms with Crippen LogP contribution in [0.15, 0.2) is 47.4 Å². The van der Waals surface area contributed by atoms with E-state index >= 15 is 0 Å². The molecule has 0 aliphatic rings. The zero-order chi connectivity index (χ0) is 19.5. The van der Waals surface area contributed by atoms with Gasteiger partial charge in [-0.25, -0.2) is 8.42 Å². The fourth-order valence-electron chi connectivity index (χ4n) is 2.53. The summed E-state index contributed by atoms with van der Waals surface area (Å²) >= 11 is 0. The number of carbonyl (C=O) groups is 1. The van der Waals surface area contributed by atoms with Crippen LogP contribution in [0.5, 0.6) is 5.75 Å². The van der Waals surface area contributed by atoms with Crippen molar-refractivity contribution < 1.29 is 17.9 Å². The Bertz CT molecular complexity index is 890. The van der Waals surface area contributed by atoms with E-state index in [1.54, 1.807) is 37.3 Å². The summed E-state index contributed by atoms with van der Waals surface area (Å²) in [5.41, 5.74) is 1.71. The number of sulfonamides is 1. The average Bonchev–Trinajstić information content (AvgIpc) is 2.60. The van der Waals surface area contributed by atoms with Gasteiger partial charge in [-0.3, -0.25) is 9.10 Å². The number of nitrogens with one attached hydrogen (secondary N) is 1. The number of benzene rings is 2. The minimum Gasteiger partial charge on any atom is -0.497 e. The van der Waals surface area contributed by atoms with Gasteiger partial charge in [-0.2, -0.15) is 0 Å². The van der Waals surface area contributed by atoms with E-state index in [0.717, 1.165) is 0 Å². The standard InChI is InChI=1S/C19H24N2O4S/c1-13(2)20-19(22)15-6-11-18(14(3)12-15)21(4)26(23,24)17-9-7-16(25-5)8-10-17/h6-13H,1-5H3,(H,20,22). The van der Waals surface area contributed by atoms with Gasteiger partial charge in [0.2, 0.25) is 0 Å². The first-order valence-electron chi connectivity index (χ1n) is 8.21. The molecule has 0 saturated heterocycles. The molecular formula is C19H24N2O4S. The number of aryl methyl sites for hydroxylation is 1. The third kappa shape index (κ3) is 4.16. The smallest absolute Gasteiger partial charge is 0.264 e. The van der Waals surface area contributed by atoms with Crippen LogP contribution < -0.4 is 14.4 Å². The zero-order valence-corrected chi connectivity index (χ0v) is 16.4. The summed E-state index contributed by atoms with van der Waals surface area (Å²) in [4.78, 5) is 12.3. The Labute approximate surface area is 154 Å². The number of methoxy groups -OCH3 is 1. The number of nitrogens with zero attached hydrogens (tertiary/aromatic N) is 1. The quantitative estimate of drug-likeness (QED) is 0.841. The van der Waals surface area contributed by atoms with E-state index < -0.39 is 10.0 Å². The first kappa shape index (κ1) is 19.8. The van der Waals surface area contributed by atoms with Crippen molar-refractivity contribution in [3.05, 3.63) is 53.6 Å². The van der Waals surface area contributed by atoms with Gasteiger partial charge in [0.25, 0.3) is 15.9 Å². The van der Waals surface area contributed by atoms with Gasteiger partial charge in [-0.1, -0.05) is 0 Å². The third-order valence-electron chi connectivity index (χ3n) is 3.94. The number of hydrogen-bond donors (Lipinski definition) is 1. The number of ether oxygens (including phenoxy) is 1. The van der Waals surface area contributed by atoms with Crippen LogP contribution in [0.2, 0.25) is 0 Å². The summed E-state index contributed by atoms with van der Waals surface area (Å²) < 4.78 is 32.0. The monoisotopic (exact) mass is 376 g/mol. The molecule has 2 aromatic rings. The van der Waals surface area contributed by atoms with Crippen molar-refractivity contribution in [1.29, 1.82) is 0 Å². The van der Waals surface area contributed by atoms with Crippen LogP contribution in [0.3, 0.4) is 0 Å². The fourth-order valence-corrected chi connectivity index (χ4v) is 3.79. The first-order chi connectivity index (χ1) is 12.2. The summed E-state index contributed by atoms with van der Waals surface area (Å²) in [6.07, 6.45) is 0. The Morgan fingerprint density at radius 1 is 1.12 bits per heavy atom. The van der Waals surface area contributed by atoms with Crippen molar-refractivity contribution >= 4 is 21.6 Å². The van der Waals surface area contributed by atoms with Crippen LogP contribution in [0, 0.1) is 6.92 Å². The van der Waals surface area contributed by atoms with Crippen LogP contribution in [0.1, 0.15) is 29.8 Å². The Morgan fingerprint density at radius 3 is 2.23 bits per heavy atom. The zero-order valence-electron chi connectivity index (χ0n) is 15.6. The molecule has 7 heteroatoms. The Morgan fingerprint density at radius 2 is 1.73 bits per heavy atom. The molecule has 140 valence electrons. The first-order valence-corrected chi connectivity index (χ1v) is 9.65. The van der Waals surface area contributed by atoms with Crippen LogP contribution in [0.25, 0.3) is 0 Å².